The average molecular weight is 540 g/mol. The molecule has 3 fully saturated rings. The van der Waals surface area contributed by atoms with Crippen LogP contribution >= 0.6 is 15.9 Å². The van der Waals surface area contributed by atoms with Gasteiger partial charge in [0.15, 0.2) is 11.6 Å². The number of hydrogen-bond acceptors (Lipinski definition) is 6. The van der Waals surface area contributed by atoms with E-state index in [0.717, 1.165) is 24.8 Å². The number of halogens is 1. The van der Waals surface area contributed by atoms with Gasteiger partial charge in [0.05, 0.1) is 6.10 Å². The number of aliphatic hydroxyl groups is 2. The molecule has 0 radical (unpaired) electrons. The summed E-state index contributed by atoms with van der Waals surface area (Å²) in [5.74, 6) is -1.16. The number of rotatable bonds is 8. The van der Waals surface area contributed by atoms with Crippen LogP contribution in [0.4, 0.5) is 0 Å². The highest BCUT2D eigenvalue weighted by molar-refractivity contribution is 9.09. The molecule has 7 heteroatoms. The molecule has 0 aliphatic heterocycles. The van der Waals surface area contributed by atoms with E-state index in [1.807, 2.05) is 6.08 Å². The number of carbonyl (C=O) groups is 2. The van der Waals surface area contributed by atoms with Gasteiger partial charge in [-0.05, 0) is 67.4 Å². The van der Waals surface area contributed by atoms with Crippen LogP contribution in [0, 0.1) is 40.4 Å². The van der Waals surface area contributed by atoms with Gasteiger partial charge in [-0.15, -0.1) is 0 Å². The fraction of sp³-hybridized carbons (Fsp3) is 0.778. The van der Waals surface area contributed by atoms with Crippen molar-refractivity contribution in [1.29, 1.82) is 0 Å². The highest BCUT2D eigenvalue weighted by atomic mass is 79.9. The molecule has 4 aliphatic rings. The predicted molar refractivity (Wildman–Crippen MR) is 132 cm³/mol. The van der Waals surface area contributed by atoms with Crippen LogP contribution in [0.3, 0.4) is 0 Å². The first-order valence-electron chi connectivity index (χ1n) is 12.6. The van der Waals surface area contributed by atoms with Crippen molar-refractivity contribution >= 4 is 27.5 Å². The lowest BCUT2D eigenvalue weighted by Gasteiger charge is -2.58. The zero-order chi connectivity index (χ0) is 24.9. The number of methoxy groups -OCH3 is 1. The van der Waals surface area contributed by atoms with E-state index in [9.17, 15) is 19.8 Å². The van der Waals surface area contributed by atoms with E-state index in [-0.39, 0.29) is 53.2 Å². The van der Waals surface area contributed by atoms with Gasteiger partial charge in [0.2, 0.25) is 0 Å². The molecule has 0 saturated heterocycles. The van der Waals surface area contributed by atoms with Crippen molar-refractivity contribution in [2.45, 2.75) is 71.4 Å². The smallest absolute Gasteiger partial charge is 0.280 e. The number of alkyl halides is 1. The van der Waals surface area contributed by atoms with Crippen LogP contribution in [-0.4, -0.2) is 52.9 Å². The Morgan fingerprint density at radius 1 is 1.35 bits per heavy atom. The predicted octanol–water partition coefficient (Wildman–Crippen LogP) is 4.18. The topological polar surface area (TPSA) is 93.1 Å². The van der Waals surface area contributed by atoms with Gasteiger partial charge < -0.3 is 19.7 Å². The summed E-state index contributed by atoms with van der Waals surface area (Å²) >= 11 is 3.34. The minimum absolute atomic E-state index is 0.0248. The van der Waals surface area contributed by atoms with Crippen LogP contribution in [0.15, 0.2) is 23.8 Å². The van der Waals surface area contributed by atoms with Crippen molar-refractivity contribution in [2.24, 2.45) is 40.4 Å². The molecule has 0 bridgehead atoms. The maximum Gasteiger partial charge on any atom is 0.280 e. The van der Waals surface area contributed by atoms with Crippen molar-refractivity contribution in [3.05, 3.63) is 23.8 Å². The van der Waals surface area contributed by atoms with E-state index in [2.05, 4.69) is 36.7 Å². The number of fused-ring (bicyclic) bond motifs is 5. The normalized spacial score (nSPS) is 42.9. The Hall–Kier alpha value is -0.860. The number of ketones is 2. The summed E-state index contributed by atoms with van der Waals surface area (Å²) in [5, 5.41) is 22.8. The van der Waals surface area contributed by atoms with Crippen LogP contribution in [-0.2, 0) is 19.1 Å². The largest absolute Gasteiger partial charge is 0.393 e. The molecular weight excluding hydrogens is 500 g/mol. The number of hydrogen-bond donors (Lipinski definition) is 2. The summed E-state index contributed by atoms with van der Waals surface area (Å²) in [7, 11) is 1.38. The molecule has 9 atom stereocenters. The molecule has 190 valence electrons. The van der Waals surface area contributed by atoms with E-state index in [4.69, 9.17) is 9.47 Å². The lowest BCUT2D eigenvalue weighted by Crippen LogP contribution is -2.56. The van der Waals surface area contributed by atoms with Crippen LogP contribution in [0.2, 0.25) is 0 Å². The first-order valence-corrected chi connectivity index (χ1v) is 13.7. The fourth-order valence-electron chi connectivity index (χ4n) is 8.18. The monoisotopic (exact) mass is 538 g/mol. The Labute approximate surface area is 211 Å². The van der Waals surface area contributed by atoms with E-state index in [1.165, 1.54) is 7.11 Å². The molecule has 0 aromatic heterocycles. The number of carbonyl (C=O) groups excluding carboxylic acids is 2. The summed E-state index contributed by atoms with van der Waals surface area (Å²) in [5.41, 5.74) is 0.502. The minimum Gasteiger partial charge on any atom is -0.393 e. The second-order valence-corrected chi connectivity index (χ2v) is 12.2. The lowest BCUT2D eigenvalue weighted by molar-refractivity contribution is -0.350. The fourth-order valence-corrected chi connectivity index (χ4v) is 8.46. The first-order chi connectivity index (χ1) is 16.0. The summed E-state index contributed by atoms with van der Waals surface area (Å²) in [6.07, 6.45) is 9.11. The molecule has 0 heterocycles. The van der Waals surface area contributed by atoms with Crippen molar-refractivity contribution in [2.75, 3.05) is 19.0 Å². The molecule has 0 aromatic carbocycles. The Balaban J connectivity index is 1.55. The average Bonchev–Trinajstić information content (AvgIpc) is 3.05. The molecule has 4 aliphatic carbocycles. The molecule has 9 unspecified atom stereocenters. The third-order valence-corrected chi connectivity index (χ3v) is 10.1. The second kappa shape index (κ2) is 9.55. The third kappa shape index (κ3) is 4.30. The van der Waals surface area contributed by atoms with Gasteiger partial charge in [-0.3, -0.25) is 9.59 Å². The van der Waals surface area contributed by atoms with E-state index in [1.54, 1.807) is 12.2 Å². The van der Waals surface area contributed by atoms with Gasteiger partial charge >= 0.3 is 0 Å². The molecule has 34 heavy (non-hydrogen) atoms. The molecule has 3 saturated carbocycles. The van der Waals surface area contributed by atoms with Crippen molar-refractivity contribution < 1.29 is 29.3 Å². The Morgan fingerprint density at radius 2 is 2.09 bits per heavy atom. The summed E-state index contributed by atoms with van der Waals surface area (Å²) in [6.45, 7) is 6.27. The van der Waals surface area contributed by atoms with Crippen LogP contribution in [0.25, 0.3) is 0 Å². The molecule has 0 spiro atoms. The SMILES string of the molecule is COC(O)(CCCBr)OCC(=O)C1C(C)CC2C3CCC4=CC(=O)C=CC4(C)C3C(O)CC21C. The zero-order valence-corrected chi connectivity index (χ0v) is 22.3. The Morgan fingerprint density at radius 3 is 2.76 bits per heavy atom. The molecule has 6 nitrogen and oxygen atoms in total. The molecule has 4 rings (SSSR count). The van der Waals surface area contributed by atoms with Gasteiger partial charge in [-0.2, -0.15) is 0 Å². The van der Waals surface area contributed by atoms with Crippen LogP contribution in [0.5, 0.6) is 0 Å². The Kier molecular flexibility index (Phi) is 7.36. The Bertz CT molecular complexity index is 884. The maximum absolute atomic E-state index is 13.5. The molecule has 0 aromatic rings. The van der Waals surface area contributed by atoms with Crippen LogP contribution < -0.4 is 0 Å². The van der Waals surface area contributed by atoms with Gasteiger partial charge in [0.1, 0.15) is 6.61 Å². The summed E-state index contributed by atoms with van der Waals surface area (Å²) < 4.78 is 10.8. The maximum atomic E-state index is 13.5. The lowest BCUT2D eigenvalue weighted by atomic mass is 9.46. The van der Waals surface area contributed by atoms with Gasteiger partial charge in [-0.1, -0.05) is 48.4 Å². The number of Topliss-reactive ketones (excluding diaryl/α,β-unsaturated/α-hetero) is 1. The van der Waals surface area contributed by atoms with Gasteiger partial charge in [0, 0.05) is 36.1 Å². The highest BCUT2D eigenvalue weighted by Crippen LogP contribution is 2.67. The van der Waals surface area contributed by atoms with E-state index in [0.29, 0.717) is 30.0 Å². The van der Waals surface area contributed by atoms with Crippen molar-refractivity contribution in [1.82, 2.24) is 0 Å². The molecular formula is C27H39BrO6. The van der Waals surface area contributed by atoms with E-state index >= 15 is 0 Å². The number of ether oxygens (including phenoxy) is 2. The van der Waals surface area contributed by atoms with Crippen molar-refractivity contribution in [3.8, 4) is 0 Å². The number of allylic oxidation sites excluding steroid dienone is 4. The van der Waals surface area contributed by atoms with Gasteiger partial charge in [-0.25, -0.2) is 0 Å². The first kappa shape index (κ1) is 26.2. The van der Waals surface area contributed by atoms with E-state index < -0.39 is 12.1 Å². The summed E-state index contributed by atoms with van der Waals surface area (Å²) in [4.78, 5) is 25.5. The van der Waals surface area contributed by atoms with Crippen molar-refractivity contribution in [3.63, 3.8) is 0 Å². The van der Waals surface area contributed by atoms with Crippen LogP contribution in [0.1, 0.15) is 59.3 Å². The standard InChI is InChI=1S/C27H39BrO6/c1-16-12-20-19-7-6-17-13-18(29)8-10-25(17,2)24(19)21(30)14-26(20,3)23(16)22(31)15-34-27(32,33-4)9-5-11-28/h8,10,13,16,19-21,23-24,30,32H,5-7,9,11-12,14-15H2,1-4H3. The second-order valence-electron chi connectivity index (χ2n) is 11.5. The molecule has 2 N–H and O–H groups in total. The molecule has 0 amide bonds. The quantitative estimate of drug-likeness (QED) is 0.355. The highest BCUT2D eigenvalue weighted by Gasteiger charge is 2.64. The zero-order valence-electron chi connectivity index (χ0n) is 20.8. The van der Waals surface area contributed by atoms with Gasteiger partial charge in [0.25, 0.3) is 5.97 Å². The third-order valence-electron chi connectivity index (χ3n) is 9.57. The number of aliphatic hydroxyl groups excluding tert-OH is 1. The minimum atomic E-state index is -1.77. The summed E-state index contributed by atoms with van der Waals surface area (Å²) in [6, 6.07) is 0.